The van der Waals surface area contributed by atoms with Crippen LogP contribution in [0.5, 0.6) is 0 Å². The molecule has 1 atom stereocenters. The molecule has 0 aliphatic carbocycles. The third-order valence-corrected chi connectivity index (χ3v) is 4.34. The van der Waals surface area contributed by atoms with Gasteiger partial charge in [0.1, 0.15) is 16.7 Å². The van der Waals surface area contributed by atoms with Crippen molar-refractivity contribution >= 4 is 23.2 Å². The van der Waals surface area contributed by atoms with Crippen LogP contribution in [0.15, 0.2) is 16.5 Å². The van der Waals surface area contributed by atoms with E-state index in [2.05, 4.69) is 10.3 Å². The number of nitrogens with one attached hydrogen (secondary N) is 1. The first kappa shape index (κ1) is 16.2. The summed E-state index contributed by atoms with van der Waals surface area (Å²) in [6, 6.07) is 2.69. The molecule has 22 heavy (non-hydrogen) atoms. The summed E-state index contributed by atoms with van der Waals surface area (Å²) >= 11 is 1.19. The van der Waals surface area contributed by atoms with E-state index < -0.39 is 17.9 Å². The van der Waals surface area contributed by atoms with Crippen LogP contribution in [0.25, 0.3) is 10.8 Å². The molecular weight excluding hydrogens is 304 g/mol. The summed E-state index contributed by atoms with van der Waals surface area (Å²) in [6.07, 6.45) is 0. The number of aliphatic carboxylic acids is 1. The van der Waals surface area contributed by atoms with E-state index in [1.54, 1.807) is 26.8 Å². The van der Waals surface area contributed by atoms with Crippen molar-refractivity contribution in [2.75, 3.05) is 0 Å². The molecule has 0 aliphatic heterocycles. The molecule has 2 N–H and O–H groups in total. The van der Waals surface area contributed by atoms with Gasteiger partial charge in [-0.1, -0.05) is 13.8 Å². The molecule has 2 aromatic rings. The fourth-order valence-corrected chi connectivity index (χ4v) is 2.91. The van der Waals surface area contributed by atoms with Crippen LogP contribution in [0.2, 0.25) is 0 Å². The molecule has 118 valence electrons. The minimum atomic E-state index is -1.05. The van der Waals surface area contributed by atoms with Gasteiger partial charge in [-0.25, -0.2) is 9.78 Å². The van der Waals surface area contributed by atoms with Crippen LogP contribution < -0.4 is 5.32 Å². The molecule has 0 radical (unpaired) electrons. The zero-order valence-corrected chi connectivity index (χ0v) is 13.7. The van der Waals surface area contributed by atoms with Crippen LogP contribution in [0.3, 0.4) is 0 Å². The van der Waals surface area contributed by atoms with Crippen molar-refractivity contribution in [3.05, 3.63) is 28.5 Å². The first-order chi connectivity index (χ1) is 10.3. The molecule has 0 aliphatic rings. The average molecular weight is 322 g/mol. The molecule has 0 bridgehead atoms. The van der Waals surface area contributed by atoms with Gasteiger partial charge in [0.25, 0.3) is 5.91 Å². The lowest BCUT2D eigenvalue weighted by molar-refractivity contribution is -0.140. The van der Waals surface area contributed by atoms with Crippen LogP contribution in [0.1, 0.15) is 35.0 Å². The number of aryl methyl sites for hydroxylation is 2. The minimum absolute atomic E-state index is 0.207. The molecule has 0 saturated carbocycles. The first-order valence-electron chi connectivity index (χ1n) is 6.87. The highest BCUT2D eigenvalue weighted by Crippen LogP contribution is 2.29. The Bertz CT molecular complexity index is 702. The maximum absolute atomic E-state index is 12.3. The second-order valence-corrected chi connectivity index (χ2v) is 6.38. The summed E-state index contributed by atoms with van der Waals surface area (Å²) in [4.78, 5) is 28.2. The maximum atomic E-state index is 12.3. The molecule has 7 heteroatoms. The second kappa shape index (κ2) is 6.31. The molecule has 0 saturated heterocycles. The SMILES string of the molecule is Cc1ccc(-c2nc(C)c(C(=O)NC(C(=O)O)C(C)C)s2)o1. The number of amides is 1. The monoisotopic (exact) mass is 322 g/mol. The third-order valence-electron chi connectivity index (χ3n) is 3.17. The summed E-state index contributed by atoms with van der Waals surface area (Å²) in [5.74, 6) is -0.317. The van der Waals surface area contributed by atoms with Crippen molar-refractivity contribution in [2.24, 2.45) is 5.92 Å². The highest BCUT2D eigenvalue weighted by Gasteiger charge is 2.26. The van der Waals surface area contributed by atoms with Gasteiger partial charge in [-0.3, -0.25) is 4.79 Å². The second-order valence-electron chi connectivity index (χ2n) is 5.38. The van der Waals surface area contributed by atoms with Crippen molar-refractivity contribution < 1.29 is 19.1 Å². The first-order valence-corrected chi connectivity index (χ1v) is 7.69. The Morgan fingerprint density at radius 2 is 2.00 bits per heavy atom. The van der Waals surface area contributed by atoms with Crippen molar-refractivity contribution in [3.8, 4) is 10.8 Å². The van der Waals surface area contributed by atoms with E-state index in [0.717, 1.165) is 5.76 Å². The van der Waals surface area contributed by atoms with Gasteiger partial charge in [-0.2, -0.15) is 0 Å². The molecule has 0 spiro atoms. The van der Waals surface area contributed by atoms with Crippen LogP contribution in [-0.4, -0.2) is 28.0 Å². The average Bonchev–Trinajstić information content (AvgIpc) is 3.01. The Hall–Kier alpha value is -2.15. The van der Waals surface area contributed by atoms with Gasteiger partial charge in [0.05, 0.1) is 5.69 Å². The van der Waals surface area contributed by atoms with Gasteiger partial charge in [0.2, 0.25) is 0 Å². The summed E-state index contributed by atoms with van der Waals surface area (Å²) in [5.41, 5.74) is 0.555. The number of carbonyl (C=O) groups is 2. The van der Waals surface area contributed by atoms with Crippen LogP contribution in [0, 0.1) is 19.8 Å². The Morgan fingerprint density at radius 3 is 2.50 bits per heavy atom. The molecule has 2 aromatic heterocycles. The van der Waals surface area contributed by atoms with E-state index in [4.69, 9.17) is 9.52 Å². The number of carboxylic acid groups (broad SMARTS) is 1. The van der Waals surface area contributed by atoms with E-state index >= 15 is 0 Å². The molecule has 0 aromatic carbocycles. The van der Waals surface area contributed by atoms with E-state index in [0.29, 0.717) is 21.3 Å². The molecule has 2 rings (SSSR count). The minimum Gasteiger partial charge on any atom is -0.480 e. The number of aromatic nitrogens is 1. The van der Waals surface area contributed by atoms with E-state index in [1.165, 1.54) is 11.3 Å². The van der Waals surface area contributed by atoms with Gasteiger partial charge < -0.3 is 14.8 Å². The number of nitrogens with zero attached hydrogens (tertiary/aromatic N) is 1. The van der Waals surface area contributed by atoms with Gasteiger partial charge in [-0.15, -0.1) is 11.3 Å². The predicted octanol–water partition coefficient (Wildman–Crippen LogP) is 2.86. The number of carbonyl (C=O) groups excluding carboxylic acids is 1. The number of hydrogen-bond acceptors (Lipinski definition) is 5. The predicted molar refractivity (Wildman–Crippen MR) is 83.0 cm³/mol. The Balaban J connectivity index is 2.24. The fraction of sp³-hybridized carbons (Fsp3) is 0.400. The van der Waals surface area contributed by atoms with Crippen molar-refractivity contribution in [2.45, 2.75) is 33.7 Å². The lowest BCUT2D eigenvalue weighted by Crippen LogP contribution is -2.44. The number of thiazole rings is 1. The zero-order chi connectivity index (χ0) is 16.4. The van der Waals surface area contributed by atoms with Crippen molar-refractivity contribution in [1.29, 1.82) is 0 Å². The van der Waals surface area contributed by atoms with Gasteiger partial charge in [-0.05, 0) is 31.9 Å². The summed E-state index contributed by atoms with van der Waals surface area (Å²) < 4.78 is 5.50. The number of carboxylic acids is 1. The molecule has 1 unspecified atom stereocenters. The van der Waals surface area contributed by atoms with Crippen molar-refractivity contribution in [1.82, 2.24) is 10.3 Å². The standard InChI is InChI=1S/C15H18N2O4S/c1-7(2)11(15(19)20)17-13(18)12-9(4)16-14(22-12)10-6-5-8(3)21-10/h5-7,11H,1-4H3,(H,17,18)(H,19,20). The Labute approximate surface area is 132 Å². The van der Waals surface area contributed by atoms with Gasteiger partial charge in [0, 0.05) is 0 Å². The van der Waals surface area contributed by atoms with E-state index in [9.17, 15) is 9.59 Å². The molecular formula is C15H18N2O4S. The molecule has 6 nitrogen and oxygen atoms in total. The highest BCUT2D eigenvalue weighted by molar-refractivity contribution is 7.17. The van der Waals surface area contributed by atoms with Crippen LogP contribution >= 0.6 is 11.3 Å². The summed E-state index contributed by atoms with van der Waals surface area (Å²) in [5, 5.41) is 12.3. The van der Waals surface area contributed by atoms with Crippen molar-refractivity contribution in [3.63, 3.8) is 0 Å². The quantitative estimate of drug-likeness (QED) is 0.883. The van der Waals surface area contributed by atoms with Crippen LogP contribution in [-0.2, 0) is 4.79 Å². The Kier molecular flexibility index (Phi) is 4.65. The molecule has 2 heterocycles. The number of hydrogen-bond donors (Lipinski definition) is 2. The number of rotatable bonds is 5. The smallest absolute Gasteiger partial charge is 0.326 e. The molecule has 1 amide bonds. The lowest BCUT2D eigenvalue weighted by atomic mass is 10.0. The van der Waals surface area contributed by atoms with E-state index in [-0.39, 0.29) is 5.92 Å². The third kappa shape index (κ3) is 3.36. The highest BCUT2D eigenvalue weighted by atomic mass is 32.1. The summed E-state index contributed by atoms with van der Waals surface area (Å²) in [6.45, 7) is 7.04. The van der Waals surface area contributed by atoms with E-state index in [1.807, 2.05) is 13.0 Å². The fourth-order valence-electron chi connectivity index (χ4n) is 1.98. The number of furan rings is 1. The lowest BCUT2D eigenvalue weighted by Gasteiger charge is -2.17. The largest absolute Gasteiger partial charge is 0.480 e. The zero-order valence-electron chi connectivity index (χ0n) is 12.8. The maximum Gasteiger partial charge on any atom is 0.326 e. The molecule has 0 fully saturated rings. The van der Waals surface area contributed by atoms with Gasteiger partial charge in [0.15, 0.2) is 10.8 Å². The topological polar surface area (TPSA) is 92.4 Å². The van der Waals surface area contributed by atoms with Gasteiger partial charge >= 0.3 is 5.97 Å². The Morgan fingerprint density at radius 1 is 1.32 bits per heavy atom. The summed E-state index contributed by atoms with van der Waals surface area (Å²) in [7, 11) is 0. The normalized spacial score (nSPS) is 12.4. The van der Waals surface area contributed by atoms with Crippen LogP contribution in [0.4, 0.5) is 0 Å².